The topological polar surface area (TPSA) is 67.2 Å². The molecule has 1 aromatic heterocycles. The van der Waals surface area contributed by atoms with E-state index in [1.165, 1.54) is 36.6 Å². The van der Waals surface area contributed by atoms with Crippen molar-refractivity contribution in [2.75, 3.05) is 31.9 Å². The Kier molecular flexibility index (Phi) is 8.76. The van der Waals surface area contributed by atoms with Gasteiger partial charge in [-0.05, 0) is 49.4 Å². The minimum atomic E-state index is -0.0459. The van der Waals surface area contributed by atoms with Gasteiger partial charge in [0.15, 0.2) is 5.16 Å². The number of rotatable bonds is 8. The quantitative estimate of drug-likeness (QED) is 0.471. The maximum atomic E-state index is 13.0. The van der Waals surface area contributed by atoms with E-state index in [2.05, 4.69) is 60.2 Å². The largest absolute Gasteiger partial charge is 0.354 e. The monoisotopic (exact) mass is 470 g/mol. The van der Waals surface area contributed by atoms with Crippen LogP contribution in [0.25, 0.3) is 0 Å². The number of nitrogens with one attached hydrogen (secondary N) is 1. The maximum Gasteiger partial charge on any atom is 0.257 e. The highest BCUT2D eigenvalue weighted by Gasteiger charge is 2.16. The van der Waals surface area contributed by atoms with Gasteiger partial charge in [0.2, 0.25) is 5.91 Å². The molecule has 180 valence electrons. The van der Waals surface area contributed by atoms with Crippen LogP contribution in [0.3, 0.4) is 0 Å². The Morgan fingerprint density at radius 3 is 2.42 bits per heavy atom. The van der Waals surface area contributed by atoms with Gasteiger partial charge in [-0.1, -0.05) is 63.2 Å². The van der Waals surface area contributed by atoms with E-state index in [4.69, 9.17) is 0 Å². The van der Waals surface area contributed by atoms with E-state index in [9.17, 15) is 9.59 Å². The highest BCUT2D eigenvalue weighted by atomic mass is 32.2. The summed E-state index contributed by atoms with van der Waals surface area (Å²) in [6, 6.07) is 8.46. The highest BCUT2D eigenvalue weighted by Crippen LogP contribution is 2.23. The first-order valence-electron chi connectivity index (χ1n) is 11.9. The molecule has 0 spiro atoms. The lowest BCUT2D eigenvalue weighted by Gasteiger charge is -2.26. The van der Waals surface area contributed by atoms with Crippen molar-refractivity contribution >= 4 is 17.7 Å². The molecule has 1 aliphatic rings. The number of likely N-dealkylation sites (tertiary alicyclic amines) is 1. The fourth-order valence-electron chi connectivity index (χ4n) is 4.11. The van der Waals surface area contributed by atoms with Gasteiger partial charge in [0.25, 0.3) is 5.56 Å². The van der Waals surface area contributed by atoms with Gasteiger partial charge in [-0.2, -0.15) is 0 Å². The summed E-state index contributed by atoms with van der Waals surface area (Å²) in [5.41, 5.74) is 3.86. The van der Waals surface area contributed by atoms with Crippen LogP contribution < -0.4 is 10.9 Å². The fraction of sp³-hybridized carbons (Fsp3) is 0.577. The van der Waals surface area contributed by atoms with Crippen LogP contribution in [0.15, 0.2) is 34.2 Å². The van der Waals surface area contributed by atoms with Crippen molar-refractivity contribution < 1.29 is 4.79 Å². The van der Waals surface area contributed by atoms with Crippen molar-refractivity contribution in [2.24, 2.45) is 7.05 Å². The number of benzene rings is 1. The molecule has 7 heteroatoms. The Hall–Kier alpha value is -2.12. The Bertz CT molecular complexity index is 1000. The predicted molar refractivity (Wildman–Crippen MR) is 136 cm³/mol. The summed E-state index contributed by atoms with van der Waals surface area (Å²) in [4.78, 5) is 32.4. The minimum absolute atomic E-state index is 0.0214. The second-order valence-electron chi connectivity index (χ2n) is 9.99. The van der Waals surface area contributed by atoms with Gasteiger partial charge in [-0.25, -0.2) is 4.98 Å². The standard InChI is InChI=1S/C26H38N4O2S/c1-19-22(17-20-9-11-21(12-10-20)26(2,3)4)24(32)29(5)25(28-19)33-18-23(31)27-13-16-30-14-7-6-8-15-30/h9-12H,6-8,13-18H2,1-5H3,(H,27,31). The van der Waals surface area contributed by atoms with Crippen LogP contribution in [-0.2, 0) is 23.7 Å². The van der Waals surface area contributed by atoms with Gasteiger partial charge in [-0.15, -0.1) is 0 Å². The number of aryl methyl sites for hydroxylation is 1. The van der Waals surface area contributed by atoms with Crippen molar-refractivity contribution in [3.63, 3.8) is 0 Å². The molecule has 0 saturated carbocycles. The number of carbonyl (C=O) groups excluding carboxylic acids is 1. The van der Waals surface area contributed by atoms with Gasteiger partial charge in [0, 0.05) is 37.8 Å². The zero-order chi connectivity index (χ0) is 24.0. The number of piperidine rings is 1. The summed E-state index contributed by atoms with van der Waals surface area (Å²) in [6.07, 6.45) is 4.37. The molecule has 0 atom stereocenters. The lowest BCUT2D eigenvalue weighted by molar-refractivity contribution is -0.118. The Balaban J connectivity index is 1.57. The summed E-state index contributed by atoms with van der Waals surface area (Å²) in [5, 5.41) is 3.57. The summed E-state index contributed by atoms with van der Waals surface area (Å²) in [7, 11) is 1.73. The summed E-state index contributed by atoms with van der Waals surface area (Å²) in [6.45, 7) is 12.3. The molecule has 0 unspecified atom stereocenters. The van der Waals surface area contributed by atoms with Gasteiger partial charge in [-0.3, -0.25) is 14.2 Å². The fourth-order valence-corrected chi connectivity index (χ4v) is 4.95. The molecule has 1 aromatic carbocycles. The van der Waals surface area contributed by atoms with Crippen LogP contribution in [0.5, 0.6) is 0 Å². The summed E-state index contributed by atoms with van der Waals surface area (Å²) < 4.78 is 1.57. The molecule has 0 aliphatic carbocycles. The zero-order valence-corrected chi connectivity index (χ0v) is 21.6. The molecule has 3 rings (SSSR count). The van der Waals surface area contributed by atoms with Gasteiger partial charge in [0.05, 0.1) is 5.75 Å². The van der Waals surface area contributed by atoms with Crippen LogP contribution in [0.2, 0.25) is 0 Å². The summed E-state index contributed by atoms with van der Waals surface area (Å²) in [5.74, 6) is 0.236. The number of aromatic nitrogens is 2. The normalized spacial score (nSPS) is 14.9. The molecule has 33 heavy (non-hydrogen) atoms. The van der Waals surface area contributed by atoms with Gasteiger partial charge < -0.3 is 10.2 Å². The number of thioether (sulfide) groups is 1. The van der Waals surface area contributed by atoms with Crippen molar-refractivity contribution in [3.05, 3.63) is 57.0 Å². The van der Waals surface area contributed by atoms with Crippen LogP contribution >= 0.6 is 11.8 Å². The first kappa shape index (κ1) is 25.5. The molecule has 1 fully saturated rings. The third-order valence-electron chi connectivity index (χ3n) is 6.28. The van der Waals surface area contributed by atoms with E-state index in [1.54, 1.807) is 11.6 Å². The van der Waals surface area contributed by atoms with E-state index >= 15 is 0 Å². The van der Waals surface area contributed by atoms with Crippen molar-refractivity contribution in [1.29, 1.82) is 0 Å². The molecular formula is C26H38N4O2S. The number of carbonyl (C=O) groups is 1. The predicted octanol–water partition coefficient (Wildman–Crippen LogP) is 3.67. The number of hydrogen-bond donors (Lipinski definition) is 1. The minimum Gasteiger partial charge on any atom is -0.354 e. The third-order valence-corrected chi connectivity index (χ3v) is 7.31. The SMILES string of the molecule is Cc1nc(SCC(=O)NCCN2CCCCC2)n(C)c(=O)c1Cc1ccc(C(C)(C)C)cc1. The lowest BCUT2D eigenvalue weighted by atomic mass is 9.86. The maximum absolute atomic E-state index is 13.0. The Morgan fingerprint density at radius 2 is 1.79 bits per heavy atom. The van der Waals surface area contributed by atoms with E-state index in [0.29, 0.717) is 23.7 Å². The molecule has 6 nitrogen and oxygen atoms in total. The van der Waals surface area contributed by atoms with Gasteiger partial charge >= 0.3 is 0 Å². The van der Waals surface area contributed by atoms with Crippen molar-refractivity contribution in [3.8, 4) is 0 Å². The molecule has 2 aromatic rings. The third kappa shape index (κ3) is 7.18. The molecule has 1 saturated heterocycles. The van der Waals surface area contributed by atoms with Crippen molar-refractivity contribution in [2.45, 2.75) is 63.9 Å². The van der Waals surface area contributed by atoms with E-state index in [0.717, 1.165) is 30.9 Å². The average molecular weight is 471 g/mol. The molecule has 1 aliphatic heterocycles. The van der Waals surface area contributed by atoms with Crippen LogP contribution in [0.1, 0.15) is 62.4 Å². The number of hydrogen-bond acceptors (Lipinski definition) is 5. The average Bonchev–Trinajstić information content (AvgIpc) is 2.78. The smallest absolute Gasteiger partial charge is 0.257 e. The molecule has 0 radical (unpaired) electrons. The van der Waals surface area contributed by atoms with E-state index in [1.807, 2.05) is 6.92 Å². The van der Waals surface area contributed by atoms with Crippen molar-refractivity contribution in [1.82, 2.24) is 19.8 Å². The van der Waals surface area contributed by atoms with Crippen LogP contribution in [0, 0.1) is 6.92 Å². The van der Waals surface area contributed by atoms with Gasteiger partial charge in [0.1, 0.15) is 0 Å². The molecule has 1 amide bonds. The Morgan fingerprint density at radius 1 is 1.12 bits per heavy atom. The zero-order valence-electron chi connectivity index (χ0n) is 20.7. The second-order valence-corrected chi connectivity index (χ2v) is 10.9. The molecule has 0 bridgehead atoms. The lowest BCUT2D eigenvalue weighted by Crippen LogP contribution is -2.38. The molecule has 2 heterocycles. The first-order valence-corrected chi connectivity index (χ1v) is 12.9. The molecular weight excluding hydrogens is 432 g/mol. The van der Waals surface area contributed by atoms with E-state index in [-0.39, 0.29) is 22.6 Å². The molecule has 1 N–H and O–H groups in total. The second kappa shape index (κ2) is 11.3. The van der Waals surface area contributed by atoms with Crippen LogP contribution in [-0.4, -0.2) is 52.3 Å². The van der Waals surface area contributed by atoms with E-state index < -0.39 is 0 Å². The number of nitrogens with zero attached hydrogens (tertiary/aromatic N) is 3. The summed E-state index contributed by atoms with van der Waals surface area (Å²) >= 11 is 1.32. The first-order chi connectivity index (χ1) is 15.6. The number of amides is 1. The van der Waals surface area contributed by atoms with Crippen LogP contribution in [0.4, 0.5) is 0 Å². The Labute approximate surface area is 202 Å². The highest BCUT2D eigenvalue weighted by molar-refractivity contribution is 7.99.